The van der Waals surface area contributed by atoms with E-state index in [2.05, 4.69) is 9.97 Å². The zero-order valence-electron chi connectivity index (χ0n) is 8.97. The second kappa shape index (κ2) is 5.17. The van der Waals surface area contributed by atoms with Crippen molar-refractivity contribution < 1.29 is 8.78 Å². The summed E-state index contributed by atoms with van der Waals surface area (Å²) in [5, 5.41) is 0.288. The van der Waals surface area contributed by atoms with Gasteiger partial charge in [-0.05, 0) is 29.0 Å². The van der Waals surface area contributed by atoms with Gasteiger partial charge < -0.3 is 4.90 Å². The van der Waals surface area contributed by atoms with Gasteiger partial charge in [-0.1, -0.05) is 11.6 Å². The number of anilines is 1. The van der Waals surface area contributed by atoms with Gasteiger partial charge >= 0.3 is 0 Å². The molecule has 0 saturated carbocycles. The van der Waals surface area contributed by atoms with Gasteiger partial charge in [0.25, 0.3) is 0 Å². The summed E-state index contributed by atoms with van der Waals surface area (Å²) in [5.74, 6) is -1.96. The molecule has 1 fully saturated rings. The summed E-state index contributed by atoms with van der Waals surface area (Å²) in [4.78, 5) is 10.1. The summed E-state index contributed by atoms with van der Waals surface area (Å²) in [7, 11) is 0. The molecular weight excluding hydrogens is 362 g/mol. The van der Waals surface area contributed by atoms with Crippen molar-refractivity contribution in [2.24, 2.45) is 0 Å². The Balaban J connectivity index is 2.19. The fourth-order valence-corrected chi connectivity index (χ4v) is 2.55. The quantitative estimate of drug-likeness (QED) is 0.707. The van der Waals surface area contributed by atoms with Crippen LogP contribution in [0, 0.1) is 3.70 Å². The topological polar surface area (TPSA) is 29.0 Å². The van der Waals surface area contributed by atoms with Gasteiger partial charge in [0.2, 0.25) is 5.92 Å². The lowest BCUT2D eigenvalue weighted by Crippen LogP contribution is -2.27. The molecule has 0 atom stereocenters. The molecule has 94 valence electrons. The van der Waals surface area contributed by atoms with Crippen LogP contribution in [0.4, 0.5) is 14.6 Å². The fourth-order valence-electron chi connectivity index (χ4n) is 1.82. The van der Waals surface area contributed by atoms with Gasteiger partial charge in [0, 0.05) is 25.9 Å². The zero-order chi connectivity index (χ0) is 12.5. The Morgan fingerprint density at radius 2 is 2.12 bits per heavy atom. The summed E-state index contributed by atoms with van der Waals surface area (Å²) in [5.41, 5.74) is 0. The number of halogens is 4. The zero-order valence-corrected chi connectivity index (χ0v) is 11.9. The van der Waals surface area contributed by atoms with E-state index in [-0.39, 0.29) is 24.5 Å². The van der Waals surface area contributed by atoms with Gasteiger partial charge in [-0.2, -0.15) is 0 Å². The molecule has 0 aliphatic carbocycles. The highest BCUT2D eigenvalue weighted by atomic mass is 127. The summed E-state index contributed by atoms with van der Waals surface area (Å²) < 4.78 is 27.2. The van der Waals surface area contributed by atoms with Gasteiger partial charge in [0.1, 0.15) is 8.85 Å². The Hall–Kier alpha value is -0.240. The summed E-state index contributed by atoms with van der Waals surface area (Å²) in [6.07, 6.45) is 1.71. The van der Waals surface area contributed by atoms with Gasteiger partial charge in [0.15, 0.2) is 5.82 Å². The minimum atomic E-state index is -2.56. The van der Waals surface area contributed by atoms with E-state index < -0.39 is 5.92 Å². The molecule has 0 unspecified atom stereocenters. The lowest BCUT2D eigenvalue weighted by atomic mass is 10.1. The highest BCUT2D eigenvalue weighted by Crippen LogP contribution is 2.30. The van der Waals surface area contributed by atoms with E-state index in [1.807, 2.05) is 27.5 Å². The van der Waals surface area contributed by atoms with Crippen molar-refractivity contribution in [1.29, 1.82) is 0 Å². The van der Waals surface area contributed by atoms with Crippen LogP contribution in [0.2, 0.25) is 5.15 Å². The molecule has 17 heavy (non-hydrogen) atoms. The maximum atomic E-state index is 13.2. The SMILES string of the molecule is FC1(F)CCCN(c2nc(Cl)cnc2I)CC1. The van der Waals surface area contributed by atoms with Crippen LogP contribution in [-0.2, 0) is 0 Å². The molecule has 1 saturated heterocycles. The van der Waals surface area contributed by atoms with E-state index in [0.29, 0.717) is 22.5 Å². The van der Waals surface area contributed by atoms with Crippen LogP contribution >= 0.6 is 34.2 Å². The van der Waals surface area contributed by atoms with Crippen molar-refractivity contribution in [2.45, 2.75) is 25.2 Å². The number of aromatic nitrogens is 2. The maximum absolute atomic E-state index is 13.2. The molecule has 1 aromatic heterocycles. The fraction of sp³-hybridized carbons (Fsp3) is 0.600. The lowest BCUT2D eigenvalue weighted by Gasteiger charge is -2.22. The summed E-state index contributed by atoms with van der Waals surface area (Å²) >= 11 is 7.82. The van der Waals surface area contributed by atoms with E-state index in [4.69, 9.17) is 11.6 Å². The number of hydrogen-bond acceptors (Lipinski definition) is 3. The van der Waals surface area contributed by atoms with Crippen LogP contribution in [0.3, 0.4) is 0 Å². The largest absolute Gasteiger partial charge is 0.354 e. The van der Waals surface area contributed by atoms with Crippen LogP contribution in [0.25, 0.3) is 0 Å². The van der Waals surface area contributed by atoms with Crippen LogP contribution in [-0.4, -0.2) is 29.0 Å². The van der Waals surface area contributed by atoms with Crippen molar-refractivity contribution in [2.75, 3.05) is 18.0 Å². The molecule has 1 aromatic rings. The van der Waals surface area contributed by atoms with Crippen molar-refractivity contribution in [3.63, 3.8) is 0 Å². The van der Waals surface area contributed by atoms with Crippen LogP contribution in [0.5, 0.6) is 0 Å². The molecule has 0 spiro atoms. The Morgan fingerprint density at radius 3 is 2.88 bits per heavy atom. The first-order valence-corrected chi connectivity index (χ1v) is 6.74. The molecule has 7 heteroatoms. The van der Waals surface area contributed by atoms with Gasteiger partial charge in [0.05, 0.1) is 6.20 Å². The molecule has 3 nitrogen and oxygen atoms in total. The average molecular weight is 374 g/mol. The molecule has 0 aromatic carbocycles. The van der Waals surface area contributed by atoms with Crippen molar-refractivity contribution in [3.05, 3.63) is 15.1 Å². The predicted octanol–water partition coefficient (Wildman–Crippen LogP) is 3.36. The molecular formula is C10H11ClF2IN3. The van der Waals surface area contributed by atoms with E-state index in [0.717, 1.165) is 0 Å². The third kappa shape index (κ3) is 3.37. The average Bonchev–Trinajstić information content (AvgIpc) is 2.43. The Bertz CT molecular complexity index is 417. The normalized spacial score (nSPS) is 20.1. The number of nitrogens with zero attached hydrogens (tertiary/aromatic N) is 3. The lowest BCUT2D eigenvalue weighted by molar-refractivity contribution is -0.0102. The molecule has 0 amide bonds. The second-order valence-electron chi connectivity index (χ2n) is 4.00. The molecule has 2 heterocycles. The van der Waals surface area contributed by atoms with Crippen LogP contribution in [0.1, 0.15) is 19.3 Å². The molecule has 0 bridgehead atoms. The van der Waals surface area contributed by atoms with E-state index in [1.165, 1.54) is 6.20 Å². The number of alkyl halides is 2. The van der Waals surface area contributed by atoms with E-state index in [9.17, 15) is 8.78 Å². The van der Waals surface area contributed by atoms with Gasteiger partial charge in [-0.15, -0.1) is 0 Å². The third-order valence-electron chi connectivity index (χ3n) is 2.70. The van der Waals surface area contributed by atoms with Crippen molar-refractivity contribution >= 4 is 40.0 Å². The first kappa shape index (κ1) is 13.2. The second-order valence-corrected chi connectivity index (χ2v) is 5.41. The Labute approximate surface area is 117 Å². The smallest absolute Gasteiger partial charge is 0.249 e. The third-order valence-corrected chi connectivity index (χ3v) is 3.64. The number of hydrogen-bond donors (Lipinski definition) is 0. The highest BCUT2D eigenvalue weighted by Gasteiger charge is 2.32. The monoisotopic (exact) mass is 373 g/mol. The van der Waals surface area contributed by atoms with Crippen molar-refractivity contribution in [1.82, 2.24) is 9.97 Å². The first-order valence-electron chi connectivity index (χ1n) is 5.29. The minimum absolute atomic E-state index is 0.0614. The summed E-state index contributed by atoms with van der Waals surface area (Å²) in [6.45, 7) is 0.860. The predicted molar refractivity (Wildman–Crippen MR) is 70.8 cm³/mol. The van der Waals surface area contributed by atoms with Gasteiger partial charge in [-0.3, -0.25) is 0 Å². The molecule has 1 aliphatic heterocycles. The minimum Gasteiger partial charge on any atom is -0.354 e. The van der Waals surface area contributed by atoms with Gasteiger partial charge in [-0.25, -0.2) is 18.7 Å². The Morgan fingerprint density at radius 1 is 1.35 bits per heavy atom. The molecule has 2 rings (SSSR count). The molecule has 0 radical (unpaired) electrons. The summed E-state index contributed by atoms with van der Waals surface area (Å²) in [6, 6.07) is 0. The van der Waals surface area contributed by atoms with E-state index >= 15 is 0 Å². The standard InChI is InChI=1S/C10H11ClF2IN3/c11-7-6-15-8(14)9(16-7)17-4-1-2-10(12,13)3-5-17/h6H,1-5H2. The van der Waals surface area contributed by atoms with Crippen LogP contribution in [0.15, 0.2) is 6.20 Å². The maximum Gasteiger partial charge on any atom is 0.249 e. The number of rotatable bonds is 1. The molecule has 1 aliphatic rings. The van der Waals surface area contributed by atoms with Crippen molar-refractivity contribution in [3.8, 4) is 0 Å². The van der Waals surface area contributed by atoms with Crippen LogP contribution < -0.4 is 4.90 Å². The molecule has 0 N–H and O–H groups in total. The highest BCUT2D eigenvalue weighted by molar-refractivity contribution is 14.1. The Kier molecular flexibility index (Phi) is 4.02. The van der Waals surface area contributed by atoms with E-state index in [1.54, 1.807) is 0 Å². The first-order chi connectivity index (χ1) is 7.98.